The number of fused-ring (bicyclic) bond motifs is 1. The normalized spacial score (nSPS) is 10.7. The first-order chi connectivity index (χ1) is 9.60. The van der Waals surface area contributed by atoms with Crippen LogP contribution in [0.2, 0.25) is 0 Å². The SMILES string of the molecule is Cc1nc2cc(N)ccc2n1-c1ccc(C#N)cc1Br. The van der Waals surface area contributed by atoms with Crippen molar-refractivity contribution >= 4 is 32.7 Å². The molecule has 4 nitrogen and oxygen atoms in total. The summed E-state index contributed by atoms with van der Waals surface area (Å²) in [7, 11) is 0. The molecule has 0 saturated carbocycles. The van der Waals surface area contributed by atoms with Crippen molar-refractivity contribution < 1.29 is 0 Å². The van der Waals surface area contributed by atoms with Gasteiger partial charge in [0.05, 0.1) is 28.4 Å². The number of anilines is 1. The smallest absolute Gasteiger partial charge is 0.111 e. The Balaban J connectivity index is 2.30. The molecule has 0 bridgehead atoms. The number of halogens is 1. The molecule has 20 heavy (non-hydrogen) atoms. The Bertz CT molecular complexity index is 858. The molecule has 0 unspecified atom stereocenters. The average molecular weight is 327 g/mol. The summed E-state index contributed by atoms with van der Waals surface area (Å²) in [5.74, 6) is 0.871. The number of hydrogen-bond donors (Lipinski definition) is 1. The van der Waals surface area contributed by atoms with Crippen LogP contribution >= 0.6 is 15.9 Å². The summed E-state index contributed by atoms with van der Waals surface area (Å²) in [6.45, 7) is 1.95. The third-order valence-corrected chi connectivity index (χ3v) is 3.80. The third kappa shape index (κ3) is 1.95. The van der Waals surface area contributed by atoms with Crippen molar-refractivity contribution in [2.75, 3.05) is 5.73 Å². The molecule has 0 saturated heterocycles. The highest BCUT2D eigenvalue weighted by atomic mass is 79.9. The fourth-order valence-corrected chi connectivity index (χ4v) is 2.84. The van der Waals surface area contributed by atoms with E-state index < -0.39 is 0 Å². The average Bonchev–Trinajstić information content (AvgIpc) is 2.73. The first-order valence-electron chi connectivity index (χ1n) is 6.05. The van der Waals surface area contributed by atoms with Gasteiger partial charge in [-0.05, 0) is 59.3 Å². The van der Waals surface area contributed by atoms with E-state index in [-0.39, 0.29) is 0 Å². The van der Waals surface area contributed by atoms with E-state index in [1.54, 1.807) is 12.1 Å². The topological polar surface area (TPSA) is 67.6 Å². The fourth-order valence-electron chi connectivity index (χ4n) is 2.28. The highest BCUT2D eigenvalue weighted by molar-refractivity contribution is 9.10. The number of nitrogens with zero attached hydrogens (tertiary/aromatic N) is 3. The van der Waals surface area contributed by atoms with Crippen molar-refractivity contribution in [2.45, 2.75) is 6.92 Å². The summed E-state index contributed by atoms with van der Waals surface area (Å²) < 4.78 is 2.90. The largest absolute Gasteiger partial charge is 0.399 e. The van der Waals surface area contributed by atoms with E-state index in [2.05, 4.69) is 27.0 Å². The molecule has 2 N–H and O–H groups in total. The minimum Gasteiger partial charge on any atom is -0.399 e. The summed E-state index contributed by atoms with van der Waals surface area (Å²) in [6, 6.07) is 13.3. The summed E-state index contributed by atoms with van der Waals surface area (Å²) in [5.41, 5.74) is 9.91. The van der Waals surface area contributed by atoms with Gasteiger partial charge in [0.15, 0.2) is 0 Å². The van der Waals surface area contributed by atoms with Gasteiger partial charge in [-0.1, -0.05) is 0 Å². The van der Waals surface area contributed by atoms with E-state index in [1.807, 2.05) is 35.8 Å². The number of aromatic nitrogens is 2. The zero-order valence-corrected chi connectivity index (χ0v) is 12.3. The van der Waals surface area contributed by atoms with Crippen LogP contribution in [0.1, 0.15) is 11.4 Å². The lowest BCUT2D eigenvalue weighted by Gasteiger charge is -2.09. The van der Waals surface area contributed by atoms with Crippen molar-refractivity contribution in [1.82, 2.24) is 9.55 Å². The predicted molar refractivity (Wildman–Crippen MR) is 82.6 cm³/mol. The zero-order chi connectivity index (χ0) is 14.3. The first kappa shape index (κ1) is 12.7. The lowest BCUT2D eigenvalue weighted by molar-refractivity contribution is 0.995. The van der Waals surface area contributed by atoms with Crippen LogP contribution in [-0.2, 0) is 0 Å². The number of hydrogen-bond acceptors (Lipinski definition) is 3. The second-order valence-corrected chi connectivity index (χ2v) is 5.37. The minimum atomic E-state index is 0.618. The second-order valence-electron chi connectivity index (χ2n) is 4.52. The molecule has 3 rings (SSSR count). The Kier molecular flexibility index (Phi) is 2.96. The molecule has 0 atom stereocenters. The lowest BCUT2D eigenvalue weighted by Crippen LogP contribution is -1.98. The molecule has 0 amide bonds. The van der Waals surface area contributed by atoms with Crippen molar-refractivity contribution in [3.8, 4) is 11.8 Å². The van der Waals surface area contributed by atoms with Crippen molar-refractivity contribution in [2.24, 2.45) is 0 Å². The molecule has 2 aromatic carbocycles. The molecule has 1 heterocycles. The number of imidazole rings is 1. The van der Waals surface area contributed by atoms with Gasteiger partial charge in [-0.25, -0.2) is 4.98 Å². The molecule has 0 spiro atoms. The Morgan fingerprint density at radius 3 is 2.75 bits per heavy atom. The molecular formula is C15H11BrN4. The number of benzene rings is 2. The van der Waals surface area contributed by atoms with Crippen LogP contribution in [0.5, 0.6) is 0 Å². The Hall–Kier alpha value is -2.32. The van der Waals surface area contributed by atoms with Crippen LogP contribution in [-0.4, -0.2) is 9.55 Å². The molecule has 0 radical (unpaired) electrons. The molecule has 3 aromatic rings. The first-order valence-corrected chi connectivity index (χ1v) is 6.84. The number of nitrogen functional groups attached to an aromatic ring is 1. The van der Waals surface area contributed by atoms with Gasteiger partial charge in [0.2, 0.25) is 0 Å². The zero-order valence-electron chi connectivity index (χ0n) is 10.8. The molecule has 0 aliphatic heterocycles. The van der Waals surface area contributed by atoms with Crippen LogP contribution in [0.3, 0.4) is 0 Å². The quantitative estimate of drug-likeness (QED) is 0.695. The summed E-state index contributed by atoms with van der Waals surface area (Å²) in [4.78, 5) is 4.53. The third-order valence-electron chi connectivity index (χ3n) is 3.16. The summed E-state index contributed by atoms with van der Waals surface area (Å²) in [5, 5.41) is 8.94. The molecule has 1 aromatic heterocycles. The van der Waals surface area contributed by atoms with E-state index in [4.69, 9.17) is 11.0 Å². The van der Waals surface area contributed by atoms with Crippen molar-refractivity contribution in [1.29, 1.82) is 5.26 Å². The van der Waals surface area contributed by atoms with Crippen LogP contribution in [0.15, 0.2) is 40.9 Å². The minimum absolute atomic E-state index is 0.618. The maximum Gasteiger partial charge on any atom is 0.111 e. The lowest BCUT2D eigenvalue weighted by atomic mass is 10.2. The molecule has 5 heteroatoms. The van der Waals surface area contributed by atoms with Gasteiger partial charge in [-0.15, -0.1) is 0 Å². The van der Waals surface area contributed by atoms with E-state index in [0.717, 1.165) is 27.0 Å². The number of nitriles is 1. The summed E-state index contributed by atoms with van der Waals surface area (Å²) >= 11 is 3.52. The number of nitrogens with two attached hydrogens (primary N) is 1. The van der Waals surface area contributed by atoms with E-state index in [0.29, 0.717) is 11.3 Å². The van der Waals surface area contributed by atoms with Gasteiger partial charge in [0.1, 0.15) is 5.82 Å². The van der Waals surface area contributed by atoms with Crippen LogP contribution in [0, 0.1) is 18.3 Å². The second kappa shape index (κ2) is 4.66. The van der Waals surface area contributed by atoms with Crippen molar-refractivity contribution in [3.05, 3.63) is 52.3 Å². The maximum atomic E-state index is 8.94. The molecule has 0 aliphatic rings. The monoisotopic (exact) mass is 326 g/mol. The number of rotatable bonds is 1. The number of aryl methyl sites for hydroxylation is 1. The highest BCUT2D eigenvalue weighted by Gasteiger charge is 2.12. The van der Waals surface area contributed by atoms with Crippen LogP contribution < -0.4 is 5.73 Å². The predicted octanol–water partition coefficient (Wildman–Crippen LogP) is 3.55. The fraction of sp³-hybridized carbons (Fsp3) is 0.0667. The molecular weight excluding hydrogens is 316 g/mol. The van der Waals surface area contributed by atoms with Crippen LogP contribution in [0.25, 0.3) is 16.7 Å². The maximum absolute atomic E-state index is 8.94. The molecule has 0 fully saturated rings. The van der Waals surface area contributed by atoms with Crippen molar-refractivity contribution in [3.63, 3.8) is 0 Å². The van der Waals surface area contributed by atoms with E-state index in [1.165, 1.54) is 0 Å². The van der Waals surface area contributed by atoms with Gasteiger partial charge < -0.3 is 5.73 Å². The Morgan fingerprint density at radius 1 is 1.25 bits per heavy atom. The van der Waals surface area contributed by atoms with Crippen LogP contribution in [0.4, 0.5) is 5.69 Å². The summed E-state index contributed by atoms with van der Waals surface area (Å²) in [6.07, 6.45) is 0. The molecule has 0 aliphatic carbocycles. The van der Waals surface area contributed by atoms with E-state index in [9.17, 15) is 0 Å². The highest BCUT2D eigenvalue weighted by Crippen LogP contribution is 2.28. The van der Waals surface area contributed by atoms with Gasteiger partial charge in [0, 0.05) is 10.2 Å². The van der Waals surface area contributed by atoms with Gasteiger partial charge >= 0.3 is 0 Å². The molecule has 98 valence electrons. The Labute approximate surface area is 124 Å². The van der Waals surface area contributed by atoms with Gasteiger partial charge in [-0.3, -0.25) is 4.57 Å². The van der Waals surface area contributed by atoms with Gasteiger partial charge in [0.25, 0.3) is 0 Å². The standard InChI is InChI=1S/C15H11BrN4/c1-9-19-13-7-11(18)3-5-15(13)20(9)14-4-2-10(8-17)6-12(14)16/h2-7H,18H2,1H3. The van der Waals surface area contributed by atoms with Gasteiger partial charge in [-0.2, -0.15) is 5.26 Å². The van der Waals surface area contributed by atoms with E-state index >= 15 is 0 Å². The Morgan fingerprint density at radius 2 is 2.05 bits per heavy atom.